The monoisotopic (exact) mass is 732 g/mol. The van der Waals surface area contributed by atoms with Gasteiger partial charge in [-0.3, -0.25) is 0 Å². The van der Waals surface area contributed by atoms with Crippen molar-refractivity contribution in [2.45, 2.75) is 12.0 Å². The number of allylic oxidation sites excluding steroid dienone is 2. The van der Waals surface area contributed by atoms with Crippen molar-refractivity contribution in [3.63, 3.8) is 0 Å². The van der Waals surface area contributed by atoms with Crippen LogP contribution in [0.2, 0.25) is 0 Å². The van der Waals surface area contributed by atoms with E-state index in [-0.39, 0.29) is 12.0 Å². The fourth-order valence-corrected chi connectivity index (χ4v) is 8.92. The number of fused-ring (bicyclic) bond motifs is 9. The lowest BCUT2D eigenvalue weighted by Crippen LogP contribution is -2.28. The van der Waals surface area contributed by atoms with Crippen molar-refractivity contribution in [3.05, 3.63) is 188 Å². The summed E-state index contributed by atoms with van der Waals surface area (Å²) in [7, 11) is 0. The molecule has 12 rings (SSSR count). The number of hydrogen-bond acceptors (Lipinski definition) is 6. The Kier molecular flexibility index (Phi) is 6.95. The molecule has 7 aromatic carbocycles. The molecule has 0 spiro atoms. The lowest BCUT2D eigenvalue weighted by atomic mass is 9.89. The van der Waals surface area contributed by atoms with Crippen LogP contribution in [0.25, 0.3) is 89.2 Å². The van der Waals surface area contributed by atoms with E-state index in [4.69, 9.17) is 23.8 Å². The summed E-state index contributed by atoms with van der Waals surface area (Å²) in [6.45, 7) is 0. The van der Waals surface area contributed by atoms with E-state index in [0.717, 1.165) is 66.3 Å². The minimum Gasteiger partial charge on any atom is -0.456 e. The summed E-state index contributed by atoms with van der Waals surface area (Å²) < 4.78 is 12.5. The molecule has 1 aliphatic heterocycles. The number of furan rings is 2. The van der Waals surface area contributed by atoms with Crippen molar-refractivity contribution in [2.24, 2.45) is 0 Å². The molecule has 0 saturated heterocycles. The molecule has 0 radical (unpaired) electrons. The molecule has 2 aliphatic rings. The molecule has 0 N–H and O–H groups in total. The van der Waals surface area contributed by atoms with Gasteiger partial charge in [0.2, 0.25) is 0 Å². The summed E-state index contributed by atoms with van der Waals surface area (Å²) in [5.41, 5.74) is 12.1. The molecule has 268 valence electrons. The second-order valence-electron chi connectivity index (χ2n) is 14.7. The van der Waals surface area contributed by atoms with E-state index < -0.39 is 0 Å². The minimum atomic E-state index is 0.113. The van der Waals surface area contributed by atoms with Crippen molar-refractivity contribution in [1.29, 1.82) is 0 Å². The third-order valence-electron chi connectivity index (χ3n) is 11.5. The maximum Gasteiger partial charge on any atom is 0.164 e. The number of rotatable bonds is 5. The molecule has 1 aliphatic carbocycles. The molecule has 4 heterocycles. The van der Waals surface area contributed by atoms with Gasteiger partial charge in [-0.1, -0.05) is 133 Å². The second kappa shape index (κ2) is 12.5. The maximum absolute atomic E-state index is 6.27. The fraction of sp³-hybridized carbons (Fsp3) is 0.0392. The van der Waals surface area contributed by atoms with Gasteiger partial charge in [-0.15, -0.1) is 0 Å². The molecule has 0 fully saturated rings. The molecule has 6 heteroatoms. The predicted molar refractivity (Wildman–Crippen MR) is 230 cm³/mol. The van der Waals surface area contributed by atoms with Gasteiger partial charge in [0.05, 0.1) is 6.04 Å². The van der Waals surface area contributed by atoms with Gasteiger partial charge in [-0.2, -0.15) is 0 Å². The average Bonchev–Trinajstić information content (AvgIpc) is 3.96. The Balaban J connectivity index is 0.997. The average molecular weight is 733 g/mol. The number of aromatic nitrogens is 3. The van der Waals surface area contributed by atoms with Crippen molar-refractivity contribution < 1.29 is 8.83 Å². The third kappa shape index (κ3) is 5.00. The smallest absolute Gasteiger partial charge is 0.164 e. The van der Waals surface area contributed by atoms with Crippen LogP contribution in [0, 0.1) is 0 Å². The first-order chi connectivity index (χ1) is 28.2. The van der Waals surface area contributed by atoms with Gasteiger partial charge in [0, 0.05) is 55.5 Å². The highest BCUT2D eigenvalue weighted by atomic mass is 16.3. The van der Waals surface area contributed by atoms with E-state index in [1.54, 1.807) is 0 Å². The summed E-state index contributed by atoms with van der Waals surface area (Å²) in [6.07, 6.45) is 8.97. The van der Waals surface area contributed by atoms with Crippen molar-refractivity contribution >= 4 is 55.3 Å². The van der Waals surface area contributed by atoms with Gasteiger partial charge in [-0.05, 0) is 65.2 Å². The molecule has 0 bridgehead atoms. The molecule has 10 aromatic rings. The van der Waals surface area contributed by atoms with Crippen molar-refractivity contribution in [3.8, 4) is 45.3 Å². The van der Waals surface area contributed by atoms with E-state index in [2.05, 4.69) is 114 Å². The van der Waals surface area contributed by atoms with Crippen LogP contribution in [0.5, 0.6) is 0 Å². The van der Waals surface area contributed by atoms with Crippen LogP contribution in [-0.2, 0) is 0 Å². The minimum absolute atomic E-state index is 0.113. The van der Waals surface area contributed by atoms with E-state index in [1.807, 2.05) is 72.8 Å². The Morgan fingerprint density at radius 2 is 1.04 bits per heavy atom. The highest BCUT2D eigenvalue weighted by molar-refractivity contribution is 6.13. The standard InChI is InChI=1S/C51H32N4O2/c1-2-13-31(14-3-1)49-52-50(54-51(53-49)39-21-12-26-46-48(39)38-19-6-9-24-44(38)57-46)33-15-10-16-34(29-33)55-41-22-7-4-17-36(41)40-30-32(27-28-42(40)55)35-20-11-25-45-47(35)37-18-5-8-23-43(37)56-45/h1-30,36,41H. The summed E-state index contributed by atoms with van der Waals surface area (Å²) in [5, 5.41) is 4.30. The highest BCUT2D eigenvalue weighted by Gasteiger charge is 2.38. The van der Waals surface area contributed by atoms with Gasteiger partial charge in [0.15, 0.2) is 17.5 Å². The maximum atomic E-state index is 6.27. The lowest BCUT2D eigenvalue weighted by Gasteiger charge is -2.29. The SMILES string of the molecule is C1=CC2c3cc(-c4cccc5oc6ccccc6c45)ccc3N(c3cccc(-c4nc(-c5ccccc5)nc(-c5cccc6oc7ccccc7c56)n4)c3)C2C=C1. The van der Waals surface area contributed by atoms with Gasteiger partial charge in [0.1, 0.15) is 22.3 Å². The van der Waals surface area contributed by atoms with Crippen LogP contribution in [0.3, 0.4) is 0 Å². The van der Waals surface area contributed by atoms with Crippen LogP contribution in [0.15, 0.2) is 191 Å². The summed E-state index contributed by atoms with van der Waals surface area (Å²) >= 11 is 0. The topological polar surface area (TPSA) is 68.2 Å². The summed E-state index contributed by atoms with van der Waals surface area (Å²) in [6, 6.07) is 54.6. The van der Waals surface area contributed by atoms with Crippen LogP contribution in [-0.4, -0.2) is 21.0 Å². The molecule has 6 nitrogen and oxygen atoms in total. The molecule has 57 heavy (non-hydrogen) atoms. The van der Waals surface area contributed by atoms with Crippen molar-refractivity contribution in [2.75, 3.05) is 4.90 Å². The quantitative estimate of drug-likeness (QED) is 0.175. The van der Waals surface area contributed by atoms with Gasteiger partial charge < -0.3 is 13.7 Å². The molecule has 0 saturated carbocycles. The molecule has 3 aromatic heterocycles. The molecular formula is C51H32N4O2. The zero-order valence-electron chi connectivity index (χ0n) is 30.6. The Hall–Kier alpha value is -7.57. The highest BCUT2D eigenvalue weighted by Crippen LogP contribution is 2.50. The normalized spacial score (nSPS) is 15.9. The zero-order chi connectivity index (χ0) is 37.5. The first-order valence-electron chi connectivity index (χ1n) is 19.3. The predicted octanol–water partition coefficient (Wildman–Crippen LogP) is 13.1. The van der Waals surface area contributed by atoms with Crippen LogP contribution < -0.4 is 4.90 Å². The number of nitrogens with zero attached hydrogens (tertiary/aromatic N) is 4. The first-order valence-corrected chi connectivity index (χ1v) is 19.3. The largest absolute Gasteiger partial charge is 0.456 e. The van der Waals surface area contributed by atoms with Gasteiger partial charge in [-0.25, -0.2) is 15.0 Å². The number of anilines is 2. The van der Waals surface area contributed by atoms with Crippen LogP contribution >= 0.6 is 0 Å². The Morgan fingerprint density at radius 3 is 1.81 bits per heavy atom. The number of para-hydroxylation sites is 2. The molecule has 2 atom stereocenters. The van der Waals surface area contributed by atoms with E-state index in [9.17, 15) is 0 Å². The summed E-state index contributed by atoms with van der Waals surface area (Å²) in [5.74, 6) is 2.01. The van der Waals surface area contributed by atoms with Crippen molar-refractivity contribution in [1.82, 2.24) is 15.0 Å². The molecule has 0 amide bonds. The molecular weight excluding hydrogens is 701 g/mol. The van der Waals surface area contributed by atoms with Crippen LogP contribution in [0.4, 0.5) is 11.4 Å². The Morgan fingerprint density at radius 1 is 0.439 bits per heavy atom. The zero-order valence-corrected chi connectivity index (χ0v) is 30.6. The molecule has 2 unspecified atom stereocenters. The van der Waals surface area contributed by atoms with Gasteiger partial charge in [0.25, 0.3) is 0 Å². The number of hydrogen-bond donors (Lipinski definition) is 0. The third-order valence-corrected chi connectivity index (χ3v) is 11.5. The van der Waals surface area contributed by atoms with E-state index in [1.165, 1.54) is 22.4 Å². The Labute approximate surface area is 327 Å². The lowest BCUT2D eigenvalue weighted by molar-refractivity contribution is 0.668. The fourth-order valence-electron chi connectivity index (χ4n) is 8.92. The second-order valence-corrected chi connectivity index (χ2v) is 14.7. The number of benzene rings is 7. The van der Waals surface area contributed by atoms with Crippen LogP contribution in [0.1, 0.15) is 11.5 Å². The van der Waals surface area contributed by atoms with E-state index in [0.29, 0.717) is 17.5 Å². The first kappa shape index (κ1) is 31.7. The summed E-state index contributed by atoms with van der Waals surface area (Å²) in [4.78, 5) is 17.9. The van der Waals surface area contributed by atoms with Gasteiger partial charge >= 0.3 is 0 Å². The van der Waals surface area contributed by atoms with E-state index >= 15 is 0 Å². The Bertz CT molecular complexity index is 3280.